The van der Waals surface area contributed by atoms with Crippen molar-refractivity contribution in [2.24, 2.45) is 5.92 Å². The number of aromatic nitrogens is 2. The van der Waals surface area contributed by atoms with E-state index in [-0.39, 0.29) is 5.54 Å². The Bertz CT molecular complexity index is 923. The Morgan fingerprint density at radius 1 is 1.07 bits per heavy atom. The number of quaternary nitrogens is 1. The molecule has 1 aliphatic rings. The fourth-order valence-electron chi connectivity index (χ4n) is 4.22. The van der Waals surface area contributed by atoms with Crippen LogP contribution in [0, 0.1) is 5.92 Å². The summed E-state index contributed by atoms with van der Waals surface area (Å²) in [5.41, 5.74) is 9.22. The number of hydrogen-bond acceptors (Lipinski definition) is 3. The summed E-state index contributed by atoms with van der Waals surface area (Å²) in [5.74, 6) is 2.47. The van der Waals surface area contributed by atoms with Crippen molar-refractivity contribution in [1.29, 1.82) is 0 Å². The topological polar surface area (TPSA) is 66.6 Å². The van der Waals surface area contributed by atoms with Gasteiger partial charge in [-0.2, -0.15) is 4.98 Å². The Hall–Kier alpha value is -2.46. The van der Waals surface area contributed by atoms with E-state index in [1.165, 1.54) is 24.0 Å². The van der Waals surface area contributed by atoms with Crippen molar-refractivity contribution >= 4 is 0 Å². The maximum Gasteiger partial charge on any atom is 0.258 e. The molecule has 4 rings (SSSR count). The van der Waals surface area contributed by atoms with Crippen LogP contribution in [0.5, 0.6) is 0 Å². The van der Waals surface area contributed by atoms with Crippen LogP contribution in [0.1, 0.15) is 57.1 Å². The minimum atomic E-state index is 0.219. The quantitative estimate of drug-likeness (QED) is 0.691. The standard InChI is InChI=1S/C24H29N3O/c1-16(2)14-17-4-6-20(7-5-17)23-26-22(27-28-23)19-10-8-18(9-11-19)21-12-13-24(3,25)15-21/h4-11,16,21H,12-15,25H2,1-3H3/p+1. The first kappa shape index (κ1) is 18.9. The molecular formula is C24H30N3O+. The summed E-state index contributed by atoms with van der Waals surface area (Å²) in [6.07, 6.45) is 4.66. The smallest absolute Gasteiger partial charge is 0.258 e. The van der Waals surface area contributed by atoms with E-state index >= 15 is 0 Å². The maximum atomic E-state index is 5.51. The molecule has 0 aliphatic heterocycles. The molecule has 2 atom stereocenters. The summed E-state index contributed by atoms with van der Waals surface area (Å²) < 4.78 is 5.51. The van der Waals surface area contributed by atoms with Gasteiger partial charge in [-0.05, 0) is 54.9 Å². The molecule has 0 radical (unpaired) electrons. The third kappa shape index (κ3) is 4.17. The molecular weight excluding hydrogens is 346 g/mol. The van der Waals surface area contributed by atoms with Crippen molar-refractivity contribution in [1.82, 2.24) is 10.1 Å². The van der Waals surface area contributed by atoms with Crippen LogP contribution in [0.15, 0.2) is 53.1 Å². The van der Waals surface area contributed by atoms with Gasteiger partial charge in [0.25, 0.3) is 5.89 Å². The summed E-state index contributed by atoms with van der Waals surface area (Å²) >= 11 is 0. The third-order valence-electron chi connectivity index (χ3n) is 5.75. The van der Waals surface area contributed by atoms with E-state index in [0.717, 1.165) is 24.0 Å². The first-order valence-corrected chi connectivity index (χ1v) is 10.3. The van der Waals surface area contributed by atoms with Gasteiger partial charge in [0.2, 0.25) is 5.82 Å². The summed E-state index contributed by atoms with van der Waals surface area (Å²) in [7, 11) is 0. The van der Waals surface area contributed by atoms with E-state index < -0.39 is 0 Å². The van der Waals surface area contributed by atoms with Gasteiger partial charge in [0.15, 0.2) is 0 Å². The zero-order chi connectivity index (χ0) is 19.7. The van der Waals surface area contributed by atoms with Crippen LogP contribution in [0.4, 0.5) is 0 Å². The number of hydrogen-bond donors (Lipinski definition) is 1. The molecule has 0 saturated heterocycles. The van der Waals surface area contributed by atoms with Gasteiger partial charge in [0.1, 0.15) is 0 Å². The molecule has 28 heavy (non-hydrogen) atoms. The largest absolute Gasteiger partial charge is 0.353 e. The summed E-state index contributed by atoms with van der Waals surface area (Å²) in [5, 5.41) is 4.19. The monoisotopic (exact) mass is 376 g/mol. The Labute approximate surface area is 167 Å². The molecule has 4 nitrogen and oxygen atoms in total. The minimum absolute atomic E-state index is 0.219. The molecule has 0 spiro atoms. The van der Waals surface area contributed by atoms with Gasteiger partial charge in [-0.25, -0.2) is 0 Å². The molecule has 1 aliphatic carbocycles. The van der Waals surface area contributed by atoms with Crippen LogP contribution in [0.25, 0.3) is 22.8 Å². The predicted octanol–water partition coefficient (Wildman–Crippen LogP) is 4.87. The minimum Gasteiger partial charge on any atom is -0.353 e. The van der Waals surface area contributed by atoms with Crippen molar-refractivity contribution in [2.75, 3.05) is 0 Å². The maximum absolute atomic E-state index is 5.51. The summed E-state index contributed by atoms with van der Waals surface area (Å²) in [6.45, 7) is 6.72. The molecule has 0 amide bonds. The zero-order valence-corrected chi connectivity index (χ0v) is 17.1. The first-order chi connectivity index (χ1) is 13.4. The van der Waals surface area contributed by atoms with E-state index in [2.05, 4.69) is 85.2 Å². The summed E-state index contributed by atoms with van der Waals surface area (Å²) in [6, 6.07) is 17.0. The number of rotatable bonds is 5. The number of nitrogens with zero attached hydrogens (tertiary/aromatic N) is 2. The lowest BCUT2D eigenvalue weighted by atomic mass is 9.94. The molecule has 3 aromatic rings. The van der Waals surface area contributed by atoms with Crippen LogP contribution in [-0.4, -0.2) is 15.7 Å². The second-order valence-corrected chi connectivity index (χ2v) is 9.09. The molecule has 1 aromatic heterocycles. The average molecular weight is 377 g/mol. The van der Waals surface area contributed by atoms with Gasteiger partial charge in [0, 0.05) is 24.0 Å². The highest BCUT2D eigenvalue weighted by molar-refractivity contribution is 5.60. The van der Waals surface area contributed by atoms with Gasteiger partial charge < -0.3 is 10.3 Å². The molecule has 4 heteroatoms. The lowest BCUT2D eigenvalue weighted by Crippen LogP contribution is -2.69. The molecule has 2 unspecified atom stereocenters. The fourth-order valence-corrected chi connectivity index (χ4v) is 4.22. The zero-order valence-electron chi connectivity index (χ0n) is 17.1. The predicted molar refractivity (Wildman–Crippen MR) is 112 cm³/mol. The Balaban J connectivity index is 1.48. The van der Waals surface area contributed by atoms with Gasteiger partial charge >= 0.3 is 0 Å². The highest BCUT2D eigenvalue weighted by atomic mass is 16.5. The van der Waals surface area contributed by atoms with Gasteiger partial charge in [-0.15, -0.1) is 0 Å². The second kappa shape index (κ2) is 7.51. The fraction of sp³-hybridized carbons (Fsp3) is 0.417. The van der Waals surface area contributed by atoms with E-state index in [9.17, 15) is 0 Å². The molecule has 2 aromatic carbocycles. The van der Waals surface area contributed by atoms with E-state index in [1.807, 2.05) is 0 Å². The Kier molecular flexibility index (Phi) is 5.07. The molecule has 3 N–H and O–H groups in total. The van der Waals surface area contributed by atoms with Crippen LogP contribution >= 0.6 is 0 Å². The van der Waals surface area contributed by atoms with Crippen molar-refractivity contribution < 1.29 is 10.3 Å². The second-order valence-electron chi connectivity index (χ2n) is 9.09. The van der Waals surface area contributed by atoms with Gasteiger partial charge in [-0.3, -0.25) is 0 Å². The molecule has 1 saturated carbocycles. The number of benzene rings is 2. The lowest BCUT2D eigenvalue weighted by Gasteiger charge is -2.14. The van der Waals surface area contributed by atoms with Crippen LogP contribution in [0.2, 0.25) is 0 Å². The van der Waals surface area contributed by atoms with Gasteiger partial charge in [0.05, 0.1) is 5.54 Å². The van der Waals surface area contributed by atoms with E-state index in [4.69, 9.17) is 4.52 Å². The van der Waals surface area contributed by atoms with Crippen molar-refractivity contribution in [3.05, 3.63) is 59.7 Å². The van der Waals surface area contributed by atoms with E-state index in [0.29, 0.717) is 23.6 Å². The first-order valence-electron chi connectivity index (χ1n) is 10.3. The highest BCUT2D eigenvalue weighted by Gasteiger charge is 2.35. The van der Waals surface area contributed by atoms with Crippen molar-refractivity contribution in [3.8, 4) is 22.8 Å². The molecule has 0 bridgehead atoms. The van der Waals surface area contributed by atoms with Crippen LogP contribution in [0.3, 0.4) is 0 Å². The van der Waals surface area contributed by atoms with Crippen molar-refractivity contribution in [2.45, 2.75) is 57.9 Å². The van der Waals surface area contributed by atoms with Crippen LogP contribution in [-0.2, 0) is 6.42 Å². The summed E-state index contributed by atoms with van der Waals surface area (Å²) in [4.78, 5) is 4.60. The van der Waals surface area contributed by atoms with Crippen molar-refractivity contribution in [3.63, 3.8) is 0 Å². The average Bonchev–Trinajstić information content (AvgIpc) is 3.29. The van der Waals surface area contributed by atoms with Gasteiger partial charge in [-0.1, -0.05) is 55.4 Å². The Morgan fingerprint density at radius 2 is 1.75 bits per heavy atom. The normalized spacial score (nSPS) is 22.1. The molecule has 1 heterocycles. The molecule has 146 valence electrons. The third-order valence-corrected chi connectivity index (χ3v) is 5.75. The lowest BCUT2D eigenvalue weighted by molar-refractivity contribution is -0.469. The van der Waals surface area contributed by atoms with Crippen LogP contribution < -0.4 is 5.73 Å². The Morgan fingerprint density at radius 3 is 2.36 bits per heavy atom. The highest BCUT2D eigenvalue weighted by Crippen LogP contribution is 2.38. The van der Waals surface area contributed by atoms with E-state index in [1.54, 1.807) is 0 Å². The SMILES string of the molecule is CC(C)Cc1ccc(-c2nc(-c3ccc(C4CCC(C)([NH3+])C4)cc3)no2)cc1. The molecule has 1 fully saturated rings.